The van der Waals surface area contributed by atoms with Crippen molar-refractivity contribution >= 4 is 10.0 Å². The average molecular weight is 413 g/mol. The summed E-state index contributed by atoms with van der Waals surface area (Å²) in [5.74, 6) is 1.10. The zero-order valence-corrected chi connectivity index (χ0v) is 17.4. The quantitative estimate of drug-likeness (QED) is 0.571. The predicted molar refractivity (Wildman–Crippen MR) is 111 cm³/mol. The number of ether oxygens (including phenoxy) is 2. The van der Waals surface area contributed by atoms with Gasteiger partial charge in [0.25, 0.3) is 0 Å². The Kier molecular flexibility index (Phi) is 6.46. The standard InChI is InChI=1S/C21H23N3O4S/c1-15-12-16(2)14-19(13-15)29(25,26)22-10-11-28-21-9-8-20(23-24-21)17-4-6-18(27-3)7-5-17/h4-9,12-14,22H,10-11H2,1-3H3. The first-order chi connectivity index (χ1) is 13.9. The molecule has 0 aliphatic carbocycles. The summed E-state index contributed by atoms with van der Waals surface area (Å²) in [6, 6.07) is 16.2. The van der Waals surface area contributed by atoms with Gasteiger partial charge in [0.1, 0.15) is 12.4 Å². The van der Waals surface area contributed by atoms with Gasteiger partial charge in [0, 0.05) is 18.2 Å². The molecule has 0 spiro atoms. The summed E-state index contributed by atoms with van der Waals surface area (Å²) < 4.78 is 37.9. The fourth-order valence-corrected chi connectivity index (χ4v) is 4.02. The highest BCUT2D eigenvalue weighted by atomic mass is 32.2. The van der Waals surface area contributed by atoms with Gasteiger partial charge in [-0.3, -0.25) is 0 Å². The van der Waals surface area contributed by atoms with Crippen LogP contribution in [0.15, 0.2) is 59.5 Å². The van der Waals surface area contributed by atoms with Crippen molar-refractivity contribution in [3.8, 4) is 22.9 Å². The highest BCUT2D eigenvalue weighted by molar-refractivity contribution is 7.89. The van der Waals surface area contributed by atoms with E-state index in [4.69, 9.17) is 9.47 Å². The van der Waals surface area contributed by atoms with E-state index in [1.54, 1.807) is 31.4 Å². The molecule has 0 fully saturated rings. The Morgan fingerprint density at radius 2 is 1.62 bits per heavy atom. The lowest BCUT2D eigenvalue weighted by molar-refractivity contribution is 0.307. The Balaban J connectivity index is 1.53. The number of methoxy groups -OCH3 is 1. The molecule has 29 heavy (non-hydrogen) atoms. The lowest BCUT2D eigenvalue weighted by Gasteiger charge is -2.09. The summed E-state index contributed by atoms with van der Waals surface area (Å²) >= 11 is 0. The number of aromatic nitrogens is 2. The lowest BCUT2D eigenvalue weighted by atomic mass is 10.1. The van der Waals surface area contributed by atoms with Crippen molar-refractivity contribution in [3.63, 3.8) is 0 Å². The molecule has 0 aliphatic rings. The van der Waals surface area contributed by atoms with E-state index in [9.17, 15) is 8.42 Å². The monoisotopic (exact) mass is 413 g/mol. The molecule has 3 rings (SSSR count). The summed E-state index contributed by atoms with van der Waals surface area (Å²) in [4.78, 5) is 0.249. The first-order valence-corrected chi connectivity index (χ1v) is 10.5. The van der Waals surface area contributed by atoms with Crippen molar-refractivity contribution in [2.75, 3.05) is 20.3 Å². The highest BCUT2D eigenvalue weighted by Gasteiger charge is 2.14. The summed E-state index contributed by atoms with van der Waals surface area (Å²) in [6.07, 6.45) is 0. The van der Waals surface area contributed by atoms with E-state index in [1.807, 2.05) is 44.2 Å². The SMILES string of the molecule is COc1ccc(-c2ccc(OCCNS(=O)(=O)c3cc(C)cc(C)c3)nn2)cc1. The molecule has 2 aromatic carbocycles. The van der Waals surface area contributed by atoms with Crippen LogP contribution in [0, 0.1) is 13.8 Å². The number of benzene rings is 2. The van der Waals surface area contributed by atoms with E-state index >= 15 is 0 Å². The minimum atomic E-state index is -3.58. The molecule has 3 aromatic rings. The number of rotatable bonds is 8. The number of nitrogens with zero attached hydrogens (tertiary/aromatic N) is 2. The average Bonchev–Trinajstić information content (AvgIpc) is 2.71. The summed E-state index contributed by atoms with van der Waals surface area (Å²) in [6.45, 7) is 3.99. The van der Waals surface area contributed by atoms with Gasteiger partial charge in [0.15, 0.2) is 0 Å². The van der Waals surface area contributed by atoms with Gasteiger partial charge in [-0.05, 0) is 67.4 Å². The van der Waals surface area contributed by atoms with Gasteiger partial charge in [0.05, 0.1) is 17.7 Å². The Morgan fingerprint density at radius 3 is 2.21 bits per heavy atom. The van der Waals surface area contributed by atoms with Crippen LogP contribution >= 0.6 is 0 Å². The molecule has 1 heterocycles. The van der Waals surface area contributed by atoms with Gasteiger partial charge in [0.2, 0.25) is 15.9 Å². The van der Waals surface area contributed by atoms with E-state index in [2.05, 4.69) is 14.9 Å². The Hall–Kier alpha value is -2.97. The molecule has 0 unspecified atom stereocenters. The van der Waals surface area contributed by atoms with Crippen molar-refractivity contribution in [2.24, 2.45) is 0 Å². The Morgan fingerprint density at radius 1 is 0.931 bits per heavy atom. The number of hydrogen-bond donors (Lipinski definition) is 1. The maximum Gasteiger partial charge on any atom is 0.240 e. The number of sulfonamides is 1. The normalized spacial score (nSPS) is 11.3. The smallest absolute Gasteiger partial charge is 0.240 e. The van der Waals surface area contributed by atoms with Gasteiger partial charge in [-0.25, -0.2) is 13.1 Å². The van der Waals surface area contributed by atoms with E-state index in [-0.39, 0.29) is 18.0 Å². The molecular formula is C21H23N3O4S. The fourth-order valence-electron chi connectivity index (χ4n) is 2.82. The second-order valence-corrected chi connectivity index (χ2v) is 8.32. The van der Waals surface area contributed by atoms with Crippen molar-refractivity contribution in [1.29, 1.82) is 0 Å². The molecular weight excluding hydrogens is 390 g/mol. The number of aryl methyl sites for hydroxylation is 2. The molecule has 0 radical (unpaired) electrons. The van der Waals surface area contributed by atoms with Gasteiger partial charge < -0.3 is 9.47 Å². The van der Waals surface area contributed by atoms with Crippen molar-refractivity contribution in [2.45, 2.75) is 18.7 Å². The number of nitrogens with one attached hydrogen (secondary N) is 1. The van der Waals surface area contributed by atoms with Crippen LogP contribution in [0.25, 0.3) is 11.3 Å². The van der Waals surface area contributed by atoms with Gasteiger partial charge in [-0.1, -0.05) is 6.07 Å². The molecule has 1 aromatic heterocycles. The minimum absolute atomic E-state index is 0.122. The maximum atomic E-state index is 12.4. The summed E-state index contributed by atoms with van der Waals surface area (Å²) in [5.41, 5.74) is 3.41. The summed E-state index contributed by atoms with van der Waals surface area (Å²) in [5, 5.41) is 8.18. The fraction of sp³-hybridized carbons (Fsp3) is 0.238. The molecule has 0 aliphatic heterocycles. The topological polar surface area (TPSA) is 90.4 Å². The molecule has 7 nitrogen and oxygen atoms in total. The van der Waals surface area contributed by atoms with Gasteiger partial charge >= 0.3 is 0 Å². The zero-order valence-electron chi connectivity index (χ0n) is 16.5. The number of hydrogen-bond acceptors (Lipinski definition) is 6. The molecule has 0 atom stereocenters. The van der Waals surface area contributed by atoms with E-state index in [0.29, 0.717) is 11.6 Å². The first-order valence-electron chi connectivity index (χ1n) is 9.06. The largest absolute Gasteiger partial charge is 0.497 e. The molecule has 8 heteroatoms. The molecule has 152 valence electrons. The van der Waals surface area contributed by atoms with Crippen LogP contribution in [0.5, 0.6) is 11.6 Å². The second kappa shape index (κ2) is 9.02. The Labute approximate surface area is 170 Å². The van der Waals surface area contributed by atoms with E-state index in [1.165, 1.54) is 0 Å². The molecule has 0 bridgehead atoms. The third-order valence-corrected chi connectivity index (χ3v) is 5.62. The van der Waals surface area contributed by atoms with Crippen LogP contribution < -0.4 is 14.2 Å². The van der Waals surface area contributed by atoms with Crippen LogP contribution in [0.3, 0.4) is 0 Å². The predicted octanol–water partition coefficient (Wildman–Crippen LogP) is 3.13. The van der Waals surface area contributed by atoms with E-state index in [0.717, 1.165) is 22.4 Å². The molecule has 0 saturated carbocycles. The van der Waals surface area contributed by atoms with Crippen LogP contribution in [0.4, 0.5) is 0 Å². The van der Waals surface area contributed by atoms with Crippen LogP contribution in [-0.4, -0.2) is 38.9 Å². The van der Waals surface area contributed by atoms with Crippen LogP contribution in [0.2, 0.25) is 0 Å². The highest BCUT2D eigenvalue weighted by Crippen LogP contribution is 2.21. The van der Waals surface area contributed by atoms with Gasteiger partial charge in [-0.15, -0.1) is 10.2 Å². The molecule has 1 N–H and O–H groups in total. The zero-order chi connectivity index (χ0) is 20.9. The first kappa shape index (κ1) is 20.8. The van der Waals surface area contributed by atoms with Crippen LogP contribution in [0.1, 0.15) is 11.1 Å². The maximum absolute atomic E-state index is 12.4. The van der Waals surface area contributed by atoms with Crippen molar-refractivity contribution < 1.29 is 17.9 Å². The lowest BCUT2D eigenvalue weighted by Crippen LogP contribution is -2.28. The summed E-state index contributed by atoms with van der Waals surface area (Å²) in [7, 11) is -1.97. The van der Waals surface area contributed by atoms with Crippen molar-refractivity contribution in [3.05, 3.63) is 65.7 Å². The van der Waals surface area contributed by atoms with E-state index < -0.39 is 10.0 Å². The third kappa shape index (κ3) is 5.52. The van der Waals surface area contributed by atoms with Crippen molar-refractivity contribution in [1.82, 2.24) is 14.9 Å². The third-order valence-electron chi connectivity index (χ3n) is 4.18. The van der Waals surface area contributed by atoms with Crippen LogP contribution in [-0.2, 0) is 10.0 Å². The second-order valence-electron chi connectivity index (χ2n) is 6.55. The minimum Gasteiger partial charge on any atom is -0.497 e. The van der Waals surface area contributed by atoms with Gasteiger partial charge in [-0.2, -0.15) is 0 Å². The Bertz CT molecular complexity index is 1050. The molecule has 0 saturated heterocycles. The molecule has 0 amide bonds.